The fraction of sp³-hybridized carbons (Fsp3) is 0. The minimum absolute atomic E-state index is 0.125. The van der Waals surface area contributed by atoms with Crippen LogP contribution in [-0.2, 0) is 32.0 Å². The van der Waals surface area contributed by atoms with Crippen molar-refractivity contribution in [3.8, 4) is 6.07 Å². The second kappa shape index (κ2) is 8.53. The fourth-order valence-corrected chi connectivity index (χ4v) is 0.486. The van der Waals surface area contributed by atoms with E-state index in [1.54, 1.807) is 6.07 Å². The van der Waals surface area contributed by atoms with Crippen LogP contribution in [0.4, 0.5) is 0 Å². The summed E-state index contributed by atoms with van der Waals surface area (Å²) < 4.78 is 0. The van der Waals surface area contributed by atoms with E-state index in [9.17, 15) is 19.2 Å². The van der Waals surface area contributed by atoms with Crippen LogP contribution in [-0.4, -0.2) is 20.7 Å². The van der Waals surface area contributed by atoms with Crippen molar-refractivity contribution in [3.63, 3.8) is 0 Å². The second-order valence-electron chi connectivity index (χ2n) is 1.37. The van der Waals surface area contributed by atoms with Crippen molar-refractivity contribution < 1.29 is 32.0 Å². The Balaban J connectivity index is 0. The van der Waals surface area contributed by atoms with E-state index in [-0.39, 0.29) is 20.7 Å². The molecular formula is C7H7FeNO4. The van der Waals surface area contributed by atoms with Crippen molar-refractivity contribution in [1.29, 1.82) is 5.26 Å². The van der Waals surface area contributed by atoms with E-state index in [0.717, 1.165) is 0 Å². The molecule has 0 heterocycles. The summed E-state index contributed by atoms with van der Waals surface area (Å²) in [7, 11) is 0. The molecule has 13 heavy (non-hydrogen) atoms. The topological polar surface area (TPSA) is 92.1 Å². The standard InChI is InChI=1S/C3H3N.4CHO.Fe/c1-2-3-4;4*1-2;/h2H,1H2;4*1H;. The van der Waals surface area contributed by atoms with Gasteiger partial charge >= 0.3 is 52.8 Å². The summed E-state index contributed by atoms with van der Waals surface area (Å²) in [6.45, 7) is 3.12. The van der Waals surface area contributed by atoms with Gasteiger partial charge in [-0.15, -0.1) is 0 Å². The molecule has 0 N–H and O–H groups in total. The van der Waals surface area contributed by atoms with Crippen LogP contribution in [0.25, 0.3) is 0 Å². The number of carbonyl (C=O) groups excluding carboxylic acids is 4. The maximum atomic E-state index is 9.88. The molecule has 0 atom stereocenters. The van der Waals surface area contributed by atoms with Crippen molar-refractivity contribution in [1.82, 2.24) is 0 Å². The summed E-state index contributed by atoms with van der Waals surface area (Å²) in [6, 6.07) is 1.69. The summed E-state index contributed by atoms with van der Waals surface area (Å²) in [4.78, 5) is 39.5. The molecular weight excluding hydrogens is 218 g/mol. The molecule has 0 amide bonds. The van der Waals surface area contributed by atoms with Crippen LogP contribution in [0.1, 0.15) is 0 Å². The summed E-state index contributed by atoms with van der Waals surface area (Å²) in [5.74, 6) is 0. The number of nitrogens with zero attached hydrogens (tertiary/aromatic N) is 1. The fourth-order valence-electron chi connectivity index (χ4n) is 0.118. The summed E-state index contributed by atoms with van der Waals surface area (Å²) >= 11 is -3.28. The third kappa shape index (κ3) is 5.67. The third-order valence-corrected chi connectivity index (χ3v) is 2.47. The zero-order valence-corrected chi connectivity index (χ0v) is 7.63. The number of rotatable bonds is 4. The van der Waals surface area contributed by atoms with Gasteiger partial charge in [0, 0.05) is 6.08 Å². The van der Waals surface area contributed by atoms with Crippen LogP contribution in [0.3, 0.4) is 0 Å². The molecule has 0 aromatic heterocycles. The Bertz CT molecular complexity index is 218. The van der Waals surface area contributed by atoms with E-state index in [2.05, 4.69) is 6.58 Å². The molecule has 0 aliphatic heterocycles. The summed E-state index contributed by atoms with van der Waals surface area (Å²) in [5, 5.41) is 8.01. The molecule has 0 radical (unpaired) electrons. The molecule has 6 heteroatoms. The van der Waals surface area contributed by atoms with Gasteiger partial charge in [-0.05, 0) is 0 Å². The summed E-state index contributed by atoms with van der Waals surface area (Å²) in [6.07, 6.45) is 1.18. The first kappa shape index (κ1) is 14.0. The number of hydrogen-bond acceptors (Lipinski definition) is 5. The normalized spacial score (nSPS) is 9.15. The molecule has 0 aliphatic carbocycles. The third-order valence-electron chi connectivity index (χ3n) is 0.669. The molecule has 0 bridgehead atoms. The van der Waals surface area contributed by atoms with E-state index in [4.69, 9.17) is 5.26 Å². The molecule has 72 valence electrons. The van der Waals surface area contributed by atoms with E-state index in [1.165, 1.54) is 6.08 Å². The van der Waals surface area contributed by atoms with Crippen molar-refractivity contribution >= 4 is 20.7 Å². The Kier molecular flexibility index (Phi) is 9.17. The van der Waals surface area contributed by atoms with E-state index in [0.29, 0.717) is 0 Å². The molecule has 0 rings (SSSR count). The van der Waals surface area contributed by atoms with Crippen molar-refractivity contribution in [2.45, 2.75) is 0 Å². The van der Waals surface area contributed by atoms with Gasteiger partial charge in [-0.1, -0.05) is 6.58 Å². The number of allylic oxidation sites excluding steroid dienone is 1. The zero-order valence-electron chi connectivity index (χ0n) is 6.53. The van der Waals surface area contributed by atoms with Gasteiger partial charge in [0.15, 0.2) is 0 Å². The van der Waals surface area contributed by atoms with Crippen molar-refractivity contribution in [2.75, 3.05) is 0 Å². The first-order chi connectivity index (χ1) is 6.16. The molecule has 5 nitrogen and oxygen atoms in total. The van der Waals surface area contributed by atoms with Gasteiger partial charge in [-0.25, -0.2) is 0 Å². The van der Waals surface area contributed by atoms with Crippen molar-refractivity contribution in [3.05, 3.63) is 12.7 Å². The maximum absolute atomic E-state index is 9.88. The molecule has 0 aliphatic rings. The van der Waals surface area contributed by atoms with Crippen LogP contribution < -0.4 is 0 Å². The Hall–Kier alpha value is -1.57. The Morgan fingerprint density at radius 2 is 1.23 bits per heavy atom. The van der Waals surface area contributed by atoms with Gasteiger partial charge in [0.05, 0.1) is 6.07 Å². The molecule has 0 saturated heterocycles. The average molecular weight is 225 g/mol. The number of nitriles is 1. The molecule has 0 fully saturated rings. The molecule has 0 saturated carbocycles. The van der Waals surface area contributed by atoms with Crippen molar-refractivity contribution in [2.24, 2.45) is 0 Å². The van der Waals surface area contributed by atoms with Gasteiger partial charge in [-0.2, -0.15) is 5.26 Å². The van der Waals surface area contributed by atoms with Gasteiger partial charge in [0.25, 0.3) is 0 Å². The van der Waals surface area contributed by atoms with E-state index < -0.39 is 12.8 Å². The summed E-state index contributed by atoms with van der Waals surface area (Å²) in [5.41, 5.74) is 0. The van der Waals surface area contributed by atoms with Crippen LogP contribution in [0.15, 0.2) is 12.7 Å². The van der Waals surface area contributed by atoms with Crippen LogP contribution >= 0.6 is 0 Å². The molecule has 0 unspecified atom stereocenters. The first-order valence-electron chi connectivity index (χ1n) is 2.68. The monoisotopic (exact) mass is 225 g/mol. The Morgan fingerprint density at radius 1 is 1.00 bits per heavy atom. The van der Waals surface area contributed by atoms with E-state index in [1.807, 2.05) is 0 Å². The molecule has 0 spiro atoms. The number of hydrogen-bond donors (Lipinski definition) is 0. The van der Waals surface area contributed by atoms with Crippen LogP contribution in [0.5, 0.6) is 0 Å². The Labute approximate surface area is 77.3 Å². The predicted octanol–water partition coefficient (Wildman–Crippen LogP) is -0.403. The average Bonchev–Trinajstić information content (AvgIpc) is 2.23. The predicted molar refractivity (Wildman–Crippen MR) is 42.8 cm³/mol. The van der Waals surface area contributed by atoms with Gasteiger partial charge in [-0.3, -0.25) is 0 Å². The quantitative estimate of drug-likeness (QED) is 0.368. The SMILES string of the molecule is C=CC#N.O=[CH][Fe]([CH]=O)([CH]=O)[CH]=O. The Morgan fingerprint density at radius 3 is 1.23 bits per heavy atom. The number of carbonyl (C=O) groups is 4. The van der Waals surface area contributed by atoms with Gasteiger partial charge < -0.3 is 0 Å². The molecule has 0 aromatic carbocycles. The zero-order chi connectivity index (χ0) is 10.7. The van der Waals surface area contributed by atoms with E-state index >= 15 is 0 Å². The van der Waals surface area contributed by atoms with Crippen LogP contribution in [0, 0.1) is 11.3 Å². The first-order valence-corrected chi connectivity index (χ1v) is 5.23. The van der Waals surface area contributed by atoms with Gasteiger partial charge in [0.2, 0.25) is 0 Å². The second-order valence-corrected chi connectivity index (χ2v) is 4.62. The minimum atomic E-state index is -3.28. The molecule has 0 aromatic rings. The van der Waals surface area contributed by atoms with Crippen LogP contribution in [0.2, 0.25) is 0 Å². The van der Waals surface area contributed by atoms with Gasteiger partial charge in [0.1, 0.15) is 0 Å².